The van der Waals surface area contributed by atoms with E-state index in [1.807, 2.05) is 6.07 Å². The second-order valence-corrected chi connectivity index (χ2v) is 21.0. The molecule has 1 aromatic heterocycles. The van der Waals surface area contributed by atoms with Gasteiger partial charge in [-0.15, -0.1) is 0 Å². The van der Waals surface area contributed by atoms with Gasteiger partial charge in [-0.05, 0) is 0 Å². The molecular formula is C20H36O3Sn. The molecule has 3 nitrogen and oxygen atoms in total. The number of carbonyl (C=O) groups is 1. The van der Waals surface area contributed by atoms with Gasteiger partial charge in [0.1, 0.15) is 0 Å². The fraction of sp³-hybridized carbons (Fsp3) is 0.750. The number of furan rings is 1. The summed E-state index contributed by atoms with van der Waals surface area (Å²) in [4.78, 5) is 11.1. The van der Waals surface area contributed by atoms with Crippen molar-refractivity contribution >= 4 is 24.3 Å². The first-order valence-electron chi connectivity index (χ1n) is 9.75. The van der Waals surface area contributed by atoms with E-state index in [4.69, 9.17) is 9.15 Å². The molecule has 0 bridgehead atoms. The fourth-order valence-electron chi connectivity index (χ4n) is 3.47. The molecule has 4 heteroatoms. The summed E-state index contributed by atoms with van der Waals surface area (Å²) in [6, 6.07) is 1.98. The molecule has 0 aliphatic rings. The van der Waals surface area contributed by atoms with Gasteiger partial charge in [0.2, 0.25) is 0 Å². The van der Waals surface area contributed by atoms with Crippen molar-refractivity contribution in [2.24, 2.45) is 0 Å². The van der Waals surface area contributed by atoms with Gasteiger partial charge < -0.3 is 0 Å². The number of carbonyl (C=O) groups excluding carboxylic acids is 1. The van der Waals surface area contributed by atoms with E-state index in [9.17, 15) is 4.79 Å². The van der Waals surface area contributed by atoms with Gasteiger partial charge in [0.15, 0.2) is 0 Å². The van der Waals surface area contributed by atoms with Crippen LogP contribution in [0.2, 0.25) is 13.3 Å². The van der Waals surface area contributed by atoms with E-state index in [2.05, 4.69) is 20.8 Å². The summed E-state index contributed by atoms with van der Waals surface area (Å²) in [5.41, 5.74) is 1.08. The van der Waals surface area contributed by atoms with E-state index in [0.717, 1.165) is 11.3 Å². The normalized spacial score (nSPS) is 11.7. The second kappa shape index (κ2) is 12.0. The van der Waals surface area contributed by atoms with E-state index >= 15 is 0 Å². The molecule has 1 heterocycles. The van der Waals surface area contributed by atoms with E-state index in [-0.39, 0.29) is 5.97 Å². The molecule has 0 spiro atoms. The van der Waals surface area contributed by atoms with Crippen LogP contribution < -0.4 is 0 Å². The molecule has 24 heavy (non-hydrogen) atoms. The number of hydrogen-bond acceptors (Lipinski definition) is 3. The van der Waals surface area contributed by atoms with Gasteiger partial charge in [0, 0.05) is 0 Å². The molecule has 0 N–H and O–H groups in total. The first-order valence-corrected chi connectivity index (χ1v) is 17.8. The Morgan fingerprint density at radius 1 is 1.04 bits per heavy atom. The Balaban J connectivity index is 2.91. The maximum absolute atomic E-state index is 11.1. The van der Waals surface area contributed by atoms with Crippen LogP contribution in [-0.2, 0) is 20.6 Å². The van der Waals surface area contributed by atoms with E-state index in [1.165, 1.54) is 63.2 Å². The van der Waals surface area contributed by atoms with Crippen LogP contribution in [0.3, 0.4) is 0 Å². The van der Waals surface area contributed by atoms with E-state index < -0.39 is 18.4 Å². The SMILES string of the molecule is CCC[CH2][Sn]([CH2]CCC)([CH2]CCC)[CH2]c1occc1COC(C)=O. The standard InChI is InChI=1S/C8H9O3.3C4H9.Sn/c1-6-8(3-4-10-6)5-11-7(2)9;3*1-3-4-2;/h3-4H,1,5H2,2H3;3*1,3-4H2,2H3;. The molecule has 0 atom stereocenters. The molecule has 138 valence electrons. The van der Waals surface area contributed by atoms with Crippen LogP contribution in [0.4, 0.5) is 0 Å². The first-order chi connectivity index (χ1) is 11.6. The van der Waals surface area contributed by atoms with E-state index in [0.29, 0.717) is 6.61 Å². The van der Waals surface area contributed by atoms with Crippen LogP contribution >= 0.6 is 0 Å². The van der Waals surface area contributed by atoms with Gasteiger partial charge in [-0.2, -0.15) is 0 Å². The van der Waals surface area contributed by atoms with Crippen LogP contribution in [-0.4, -0.2) is 24.3 Å². The number of unbranched alkanes of at least 4 members (excludes halogenated alkanes) is 3. The van der Waals surface area contributed by atoms with Crippen molar-refractivity contribution in [1.82, 2.24) is 0 Å². The molecule has 0 aromatic carbocycles. The Kier molecular flexibility index (Phi) is 10.8. The number of hydrogen-bond donors (Lipinski definition) is 0. The van der Waals surface area contributed by atoms with Crippen LogP contribution in [0.25, 0.3) is 0 Å². The fourth-order valence-corrected chi connectivity index (χ4v) is 19.4. The molecule has 1 aromatic rings. The minimum atomic E-state index is -2.26. The molecule has 0 saturated carbocycles. The predicted molar refractivity (Wildman–Crippen MR) is 103 cm³/mol. The zero-order valence-corrected chi connectivity index (χ0v) is 19.0. The molecule has 0 aliphatic carbocycles. The third-order valence-electron chi connectivity index (χ3n) is 4.99. The van der Waals surface area contributed by atoms with Crippen molar-refractivity contribution in [3.05, 3.63) is 23.7 Å². The second-order valence-electron chi connectivity index (χ2n) is 7.14. The third kappa shape index (κ3) is 7.62. The van der Waals surface area contributed by atoms with Crippen molar-refractivity contribution < 1.29 is 13.9 Å². The summed E-state index contributed by atoms with van der Waals surface area (Å²) in [7, 11) is 0. The molecule has 0 saturated heterocycles. The summed E-state index contributed by atoms with van der Waals surface area (Å²) in [5, 5.41) is 0. The predicted octanol–water partition coefficient (Wildman–Crippen LogP) is 6.27. The Bertz CT molecular complexity index is 445. The van der Waals surface area contributed by atoms with Crippen molar-refractivity contribution in [2.75, 3.05) is 0 Å². The van der Waals surface area contributed by atoms with Gasteiger partial charge in [0.25, 0.3) is 0 Å². The summed E-state index contributed by atoms with van der Waals surface area (Å²) < 4.78 is 16.7. The van der Waals surface area contributed by atoms with Crippen molar-refractivity contribution in [2.45, 2.75) is 90.6 Å². The Hall–Kier alpha value is -0.451. The van der Waals surface area contributed by atoms with Gasteiger partial charge in [0.05, 0.1) is 0 Å². The summed E-state index contributed by atoms with van der Waals surface area (Å²) in [6.45, 7) is 8.73. The molecule has 0 radical (unpaired) electrons. The van der Waals surface area contributed by atoms with Gasteiger partial charge in [-0.3, -0.25) is 0 Å². The van der Waals surface area contributed by atoms with E-state index in [1.54, 1.807) is 6.26 Å². The summed E-state index contributed by atoms with van der Waals surface area (Å²) in [6.07, 6.45) is 9.72. The zero-order valence-electron chi connectivity index (χ0n) is 16.2. The van der Waals surface area contributed by atoms with Crippen LogP contribution in [0.1, 0.15) is 77.5 Å². The van der Waals surface area contributed by atoms with Crippen molar-refractivity contribution in [1.29, 1.82) is 0 Å². The average molecular weight is 443 g/mol. The van der Waals surface area contributed by atoms with Gasteiger partial charge in [-0.1, -0.05) is 0 Å². The molecule has 0 aliphatic heterocycles. The van der Waals surface area contributed by atoms with Gasteiger partial charge >= 0.3 is 153 Å². The first kappa shape index (κ1) is 21.6. The molecule has 1 rings (SSSR count). The quantitative estimate of drug-likeness (QED) is 0.266. The zero-order chi connectivity index (χ0) is 17.8. The number of esters is 1. The summed E-state index contributed by atoms with van der Waals surface area (Å²) in [5.74, 6) is 0.884. The van der Waals surface area contributed by atoms with Crippen molar-refractivity contribution in [3.63, 3.8) is 0 Å². The maximum atomic E-state index is 11.1. The molecule has 0 unspecified atom stereocenters. The average Bonchev–Trinajstić information content (AvgIpc) is 3.01. The van der Waals surface area contributed by atoms with Crippen LogP contribution in [0, 0.1) is 0 Å². The van der Waals surface area contributed by atoms with Crippen molar-refractivity contribution in [3.8, 4) is 0 Å². The third-order valence-corrected chi connectivity index (χ3v) is 20.2. The molecule has 0 amide bonds. The Labute approximate surface area is 152 Å². The number of ether oxygens (including phenoxy) is 1. The van der Waals surface area contributed by atoms with Gasteiger partial charge in [-0.25, -0.2) is 0 Å². The Morgan fingerprint density at radius 2 is 1.58 bits per heavy atom. The Morgan fingerprint density at radius 3 is 2.04 bits per heavy atom. The van der Waals surface area contributed by atoms with Crippen LogP contribution in [0.15, 0.2) is 16.7 Å². The summed E-state index contributed by atoms with van der Waals surface area (Å²) >= 11 is -2.26. The molecular weight excluding hydrogens is 407 g/mol. The van der Waals surface area contributed by atoms with Crippen LogP contribution in [0.5, 0.6) is 0 Å². The monoisotopic (exact) mass is 444 g/mol. The molecule has 0 fully saturated rings. The topological polar surface area (TPSA) is 39.4 Å². The minimum absolute atomic E-state index is 0.222. The number of rotatable bonds is 13.